The van der Waals surface area contributed by atoms with Gasteiger partial charge >= 0.3 is 6.03 Å². The zero-order chi connectivity index (χ0) is 24.9. The van der Waals surface area contributed by atoms with Gasteiger partial charge in [0.25, 0.3) is 0 Å². The van der Waals surface area contributed by atoms with Crippen molar-refractivity contribution in [3.63, 3.8) is 0 Å². The van der Waals surface area contributed by atoms with Crippen LogP contribution in [-0.4, -0.2) is 28.6 Å². The molecule has 0 saturated heterocycles. The third-order valence-corrected chi connectivity index (χ3v) is 5.92. The minimum absolute atomic E-state index is 0.0736. The fraction of sp³-hybridized carbons (Fsp3) is 0.192. The number of rotatable bonds is 7. The van der Waals surface area contributed by atoms with Crippen molar-refractivity contribution in [3.8, 4) is 5.75 Å². The summed E-state index contributed by atoms with van der Waals surface area (Å²) in [6.07, 6.45) is 3.66. The Morgan fingerprint density at radius 2 is 1.83 bits per heavy atom. The number of carbonyl (C=O) groups is 2. The molecule has 2 aromatic carbocycles. The van der Waals surface area contributed by atoms with Crippen molar-refractivity contribution in [2.75, 3.05) is 23.1 Å². The van der Waals surface area contributed by atoms with Crippen molar-refractivity contribution in [1.82, 2.24) is 9.55 Å². The Hall–Kier alpha value is -3.85. The van der Waals surface area contributed by atoms with Crippen LogP contribution >= 0.6 is 15.9 Å². The number of nitrogens with zero attached hydrogens (tertiary/aromatic N) is 2. The first kappa shape index (κ1) is 24.3. The molecule has 3 N–H and O–H groups in total. The van der Waals surface area contributed by atoms with Gasteiger partial charge in [0.05, 0.1) is 24.0 Å². The van der Waals surface area contributed by atoms with E-state index in [4.69, 9.17) is 4.74 Å². The Morgan fingerprint density at radius 1 is 1.03 bits per heavy atom. The van der Waals surface area contributed by atoms with Crippen LogP contribution < -0.4 is 20.7 Å². The quantitative estimate of drug-likeness (QED) is 0.266. The maximum atomic E-state index is 12.7. The molecule has 0 aliphatic heterocycles. The fourth-order valence-electron chi connectivity index (χ4n) is 3.63. The smallest absolute Gasteiger partial charge is 0.323 e. The minimum atomic E-state index is -0.374. The number of ether oxygens (including phenoxy) is 1. The molecular formula is C26H26BrN5O3. The number of nitrogens with one attached hydrogen (secondary N) is 3. The molecule has 180 valence electrons. The maximum Gasteiger partial charge on any atom is 0.323 e. The van der Waals surface area contributed by atoms with Gasteiger partial charge in [0, 0.05) is 34.7 Å². The number of carbonyl (C=O) groups excluding carboxylic acids is 2. The van der Waals surface area contributed by atoms with Crippen molar-refractivity contribution in [2.45, 2.75) is 20.4 Å². The monoisotopic (exact) mass is 535 g/mol. The lowest BCUT2D eigenvalue weighted by Crippen LogP contribution is -2.20. The van der Waals surface area contributed by atoms with E-state index in [1.165, 1.54) is 0 Å². The highest BCUT2D eigenvalue weighted by molar-refractivity contribution is 9.10. The highest BCUT2D eigenvalue weighted by atomic mass is 79.9. The van der Waals surface area contributed by atoms with Crippen LogP contribution in [-0.2, 0) is 11.3 Å². The summed E-state index contributed by atoms with van der Waals surface area (Å²) in [7, 11) is 1.56. The summed E-state index contributed by atoms with van der Waals surface area (Å²) in [6.45, 7) is 4.26. The van der Waals surface area contributed by atoms with Gasteiger partial charge in [-0.1, -0.05) is 35.8 Å². The van der Waals surface area contributed by atoms with E-state index in [0.29, 0.717) is 29.5 Å². The average Bonchev–Trinajstić information content (AvgIpc) is 3.23. The molecule has 2 heterocycles. The molecule has 0 atom stereocenters. The van der Waals surface area contributed by atoms with Crippen LogP contribution in [0.1, 0.15) is 19.4 Å². The van der Waals surface area contributed by atoms with Crippen molar-refractivity contribution in [2.24, 2.45) is 5.92 Å². The molecule has 0 spiro atoms. The summed E-state index contributed by atoms with van der Waals surface area (Å²) in [5.41, 5.74) is 3.20. The highest BCUT2D eigenvalue weighted by Gasteiger charge is 2.13. The predicted molar refractivity (Wildman–Crippen MR) is 142 cm³/mol. The first-order valence-corrected chi connectivity index (χ1v) is 11.9. The third-order valence-electron chi connectivity index (χ3n) is 5.42. The predicted octanol–water partition coefficient (Wildman–Crippen LogP) is 6.09. The van der Waals surface area contributed by atoms with Crippen LogP contribution in [0.2, 0.25) is 0 Å². The van der Waals surface area contributed by atoms with Crippen molar-refractivity contribution >= 4 is 56.0 Å². The number of anilines is 3. The summed E-state index contributed by atoms with van der Waals surface area (Å²) in [4.78, 5) is 29.0. The number of hydrogen-bond acceptors (Lipinski definition) is 4. The number of methoxy groups -OCH3 is 1. The van der Waals surface area contributed by atoms with Crippen LogP contribution in [0.4, 0.5) is 22.0 Å². The standard InChI is InChI=1S/C26H26BrN5O3/c1-16(2)25(33)31-24-13-17(9-11-28-24)15-32-12-10-19-20(5-4-6-22(19)32)29-26(34)30-21-14-18(27)7-8-23(21)35-3/h4-14,16H,15H2,1-3H3,(H,28,31,33)(H2,29,30,34). The van der Waals surface area contributed by atoms with Crippen molar-refractivity contribution in [3.05, 3.63) is 77.0 Å². The number of benzene rings is 2. The highest BCUT2D eigenvalue weighted by Crippen LogP contribution is 2.29. The number of hydrogen-bond donors (Lipinski definition) is 3. The van der Waals surface area contributed by atoms with Gasteiger partial charge in [-0.3, -0.25) is 4.79 Å². The maximum absolute atomic E-state index is 12.7. The molecule has 4 rings (SSSR count). The largest absolute Gasteiger partial charge is 0.495 e. The van der Waals surface area contributed by atoms with E-state index in [0.717, 1.165) is 20.9 Å². The molecule has 0 aliphatic carbocycles. The van der Waals surface area contributed by atoms with E-state index in [2.05, 4.69) is 41.4 Å². The molecule has 9 heteroatoms. The zero-order valence-corrected chi connectivity index (χ0v) is 21.2. The second-order valence-corrected chi connectivity index (χ2v) is 9.21. The Kier molecular flexibility index (Phi) is 7.36. The lowest BCUT2D eigenvalue weighted by Gasteiger charge is -2.13. The van der Waals surface area contributed by atoms with Gasteiger partial charge in [-0.15, -0.1) is 0 Å². The molecular weight excluding hydrogens is 510 g/mol. The number of amides is 3. The number of aromatic nitrogens is 2. The lowest BCUT2D eigenvalue weighted by atomic mass is 10.2. The summed E-state index contributed by atoms with van der Waals surface area (Å²) in [5.74, 6) is 0.894. The zero-order valence-electron chi connectivity index (χ0n) is 19.6. The van der Waals surface area contributed by atoms with Gasteiger partial charge in [0.1, 0.15) is 11.6 Å². The van der Waals surface area contributed by atoms with Gasteiger partial charge in [0.2, 0.25) is 5.91 Å². The van der Waals surface area contributed by atoms with E-state index >= 15 is 0 Å². The SMILES string of the molecule is COc1ccc(Br)cc1NC(=O)Nc1cccc2c1ccn2Cc1ccnc(NC(=O)C(C)C)c1. The summed E-state index contributed by atoms with van der Waals surface area (Å²) >= 11 is 3.41. The topological polar surface area (TPSA) is 97.3 Å². The Balaban J connectivity index is 1.51. The van der Waals surface area contributed by atoms with Gasteiger partial charge in [-0.2, -0.15) is 0 Å². The second-order valence-electron chi connectivity index (χ2n) is 8.30. The van der Waals surface area contributed by atoms with Gasteiger partial charge in [0.15, 0.2) is 0 Å². The molecule has 3 amide bonds. The number of halogens is 1. The molecule has 0 unspecified atom stereocenters. The van der Waals surface area contributed by atoms with Gasteiger partial charge < -0.3 is 25.3 Å². The van der Waals surface area contributed by atoms with Crippen LogP contribution in [0, 0.1) is 5.92 Å². The summed E-state index contributed by atoms with van der Waals surface area (Å²) in [6, 6.07) is 16.5. The molecule has 0 aliphatic rings. The van der Waals surface area contributed by atoms with E-state index in [1.807, 2.05) is 62.5 Å². The van der Waals surface area contributed by atoms with Crippen LogP contribution in [0.5, 0.6) is 5.75 Å². The lowest BCUT2D eigenvalue weighted by molar-refractivity contribution is -0.118. The molecule has 0 saturated carbocycles. The van der Waals surface area contributed by atoms with Crippen LogP contribution in [0.3, 0.4) is 0 Å². The fourth-order valence-corrected chi connectivity index (χ4v) is 3.99. The van der Waals surface area contributed by atoms with E-state index in [-0.39, 0.29) is 17.9 Å². The normalized spacial score (nSPS) is 10.9. The van der Waals surface area contributed by atoms with Crippen molar-refractivity contribution < 1.29 is 14.3 Å². The van der Waals surface area contributed by atoms with Gasteiger partial charge in [-0.25, -0.2) is 9.78 Å². The van der Waals surface area contributed by atoms with E-state index in [9.17, 15) is 9.59 Å². The van der Waals surface area contributed by atoms with Crippen molar-refractivity contribution in [1.29, 1.82) is 0 Å². The summed E-state index contributed by atoms with van der Waals surface area (Å²) < 4.78 is 8.24. The number of pyridine rings is 1. The minimum Gasteiger partial charge on any atom is -0.495 e. The molecule has 0 fully saturated rings. The van der Waals surface area contributed by atoms with E-state index in [1.54, 1.807) is 25.4 Å². The second kappa shape index (κ2) is 10.6. The molecule has 8 nitrogen and oxygen atoms in total. The Morgan fingerprint density at radius 3 is 2.60 bits per heavy atom. The molecule has 2 aromatic heterocycles. The molecule has 0 radical (unpaired) electrons. The Bertz CT molecular complexity index is 1380. The number of urea groups is 1. The number of fused-ring (bicyclic) bond motifs is 1. The molecule has 4 aromatic rings. The van der Waals surface area contributed by atoms with E-state index < -0.39 is 0 Å². The van der Waals surface area contributed by atoms with Crippen LogP contribution in [0.15, 0.2) is 71.5 Å². The Labute approximate surface area is 211 Å². The summed E-state index contributed by atoms with van der Waals surface area (Å²) in [5, 5.41) is 9.51. The molecule has 35 heavy (non-hydrogen) atoms. The first-order valence-electron chi connectivity index (χ1n) is 11.1. The third kappa shape index (κ3) is 5.81. The molecule has 0 bridgehead atoms. The first-order chi connectivity index (χ1) is 16.8. The average molecular weight is 536 g/mol. The van der Waals surface area contributed by atoms with Gasteiger partial charge in [-0.05, 0) is 54.1 Å². The van der Waals surface area contributed by atoms with Crippen LogP contribution in [0.25, 0.3) is 10.9 Å².